The number of amides is 2. The number of para-hydroxylation sites is 2. The van der Waals surface area contributed by atoms with E-state index >= 15 is 0 Å². The molecule has 7 nitrogen and oxygen atoms in total. The van der Waals surface area contributed by atoms with Gasteiger partial charge in [-0.15, -0.1) is 0 Å². The van der Waals surface area contributed by atoms with Gasteiger partial charge in [0.25, 0.3) is 11.8 Å². The highest BCUT2D eigenvalue weighted by Crippen LogP contribution is 2.31. The number of carbonyl (C=O) groups is 2. The van der Waals surface area contributed by atoms with Crippen molar-refractivity contribution in [2.45, 2.75) is 39.0 Å². The van der Waals surface area contributed by atoms with Gasteiger partial charge >= 0.3 is 0 Å². The van der Waals surface area contributed by atoms with Crippen LogP contribution in [0.2, 0.25) is 0 Å². The molecule has 7 heteroatoms. The molecular weight excluding hydrogens is 334 g/mol. The number of hydrogen-bond donors (Lipinski definition) is 2. The molecule has 0 radical (unpaired) electrons. The van der Waals surface area contributed by atoms with Crippen molar-refractivity contribution in [1.82, 2.24) is 10.2 Å². The van der Waals surface area contributed by atoms with Crippen LogP contribution in [0.1, 0.15) is 20.8 Å². The van der Waals surface area contributed by atoms with Crippen molar-refractivity contribution in [2.75, 3.05) is 32.8 Å². The van der Waals surface area contributed by atoms with Crippen molar-refractivity contribution in [1.29, 1.82) is 0 Å². The lowest BCUT2D eigenvalue weighted by atomic mass is 10.2. The quantitative estimate of drug-likeness (QED) is 0.755. The third kappa shape index (κ3) is 4.09. The summed E-state index contributed by atoms with van der Waals surface area (Å²) in [7, 11) is 0. The zero-order chi connectivity index (χ0) is 18.7. The number of rotatable bonds is 4. The monoisotopic (exact) mass is 362 g/mol. The first-order chi connectivity index (χ1) is 12.5. The Morgan fingerprint density at radius 3 is 2.46 bits per heavy atom. The van der Waals surface area contributed by atoms with Crippen LogP contribution in [0.5, 0.6) is 11.5 Å². The maximum absolute atomic E-state index is 12.8. The van der Waals surface area contributed by atoms with E-state index in [0.29, 0.717) is 24.6 Å². The van der Waals surface area contributed by atoms with Crippen molar-refractivity contribution in [3.05, 3.63) is 24.3 Å². The second-order valence-corrected chi connectivity index (χ2v) is 7.23. The van der Waals surface area contributed by atoms with Gasteiger partial charge in [-0.3, -0.25) is 9.59 Å². The Labute approximate surface area is 154 Å². The van der Waals surface area contributed by atoms with E-state index in [1.807, 2.05) is 49.9 Å². The summed E-state index contributed by atoms with van der Waals surface area (Å²) >= 11 is 0. The van der Waals surface area contributed by atoms with Gasteiger partial charge in [-0.2, -0.15) is 0 Å². The van der Waals surface area contributed by atoms with E-state index in [0.717, 1.165) is 13.1 Å². The Morgan fingerprint density at radius 1 is 1.15 bits per heavy atom. The molecule has 2 atom stereocenters. The Morgan fingerprint density at radius 2 is 1.81 bits per heavy atom. The smallest absolute Gasteiger partial charge is 0.278 e. The lowest BCUT2D eigenvalue weighted by molar-refractivity contribution is -0.918. The molecule has 0 saturated carbocycles. The number of carbonyl (C=O) groups excluding carboxylic acids is 2. The van der Waals surface area contributed by atoms with Gasteiger partial charge in [-0.05, 0) is 32.9 Å². The molecule has 1 aromatic carbocycles. The second kappa shape index (κ2) is 7.95. The van der Waals surface area contributed by atoms with Crippen LogP contribution in [0.4, 0.5) is 0 Å². The fourth-order valence-corrected chi connectivity index (χ4v) is 3.39. The van der Waals surface area contributed by atoms with E-state index in [1.165, 1.54) is 4.90 Å². The molecule has 1 aromatic rings. The number of nitrogens with zero attached hydrogens (tertiary/aromatic N) is 1. The molecule has 2 heterocycles. The van der Waals surface area contributed by atoms with Gasteiger partial charge in [-0.1, -0.05) is 12.1 Å². The number of quaternary nitrogens is 1. The molecule has 142 valence electrons. The summed E-state index contributed by atoms with van der Waals surface area (Å²) in [5.74, 6) is 1.31. The van der Waals surface area contributed by atoms with Crippen molar-refractivity contribution >= 4 is 11.8 Å². The topological polar surface area (TPSA) is 72.3 Å². The molecule has 1 fully saturated rings. The molecule has 3 rings (SSSR count). The summed E-state index contributed by atoms with van der Waals surface area (Å²) in [6.07, 6.45) is -0.604. The average Bonchev–Trinajstić information content (AvgIpc) is 2.66. The van der Waals surface area contributed by atoms with Crippen molar-refractivity contribution in [2.24, 2.45) is 0 Å². The summed E-state index contributed by atoms with van der Waals surface area (Å²) in [6.45, 7) is 8.84. The van der Waals surface area contributed by atoms with Crippen molar-refractivity contribution in [3.63, 3.8) is 0 Å². The van der Waals surface area contributed by atoms with E-state index in [4.69, 9.17) is 9.47 Å². The lowest BCUT2D eigenvalue weighted by Crippen LogP contribution is -3.19. The van der Waals surface area contributed by atoms with Gasteiger partial charge in [0.05, 0.1) is 26.2 Å². The molecule has 0 aromatic heterocycles. The summed E-state index contributed by atoms with van der Waals surface area (Å²) in [5.41, 5.74) is 0. The lowest BCUT2D eigenvalue weighted by Gasteiger charge is -2.37. The highest BCUT2D eigenvalue weighted by Gasteiger charge is 2.35. The standard InChI is InChI=1S/C19H27N3O4/c1-13(2)20-18(23)14(3)21-8-10-22(11-9-21)19(24)17-12-25-15-6-4-5-7-16(15)26-17/h4-7,13-14,17H,8-12H2,1-3H3,(H,20,23)/p+1/t14-,17+/m1/s1. The number of nitrogens with one attached hydrogen (secondary N) is 2. The number of benzene rings is 1. The van der Waals surface area contributed by atoms with E-state index in [-0.39, 0.29) is 30.5 Å². The fraction of sp³-hybridized carbons (Fsp3) is 0.579. The number of piperazine rings is 1. The SMILES string of the molecule is CC(C)NC(=O)[C@@H](C)[NH+]1CCN(C(=O)[C@@H]2COc3ccccc3O2)CC1. The Hall–Kier alpha value is -2.28. The highest BCUT2D eigenvalue weighted by atomic mass is 16.6. The molecule has 0 aliphatic carbocycles. The first kappa shape index (κ1) is 18.5. The first-order valence-corrected chi connectivity index (χ1v) is 9.28. The summed E-state index contributed by atoms with van der Waals surface area (Å²) in [6, 6.07) is 7.41. The molecule has 2 N–H and O–H groups in total. The van der Waals surface area contributed by atoms with Crippen LogP contribution >= 0.6 is 0 Å². The van der Waals surface area contributed by atoms with Crippen LogP contribution in [0, 0.1) is 0 Å². The van der Waals surface area contributed by atoms with Crippen molar-refractivity contribution in [3.8, 4) is 11.5 Å². The minimum Gasteiger partial charge on any atom is -0.485 e. The van der Waals surface area contributed by atoms with Gasteiger partial charge < -0.3 is 24.6 Å². The van der Waals surface area contributed by atoms with Crippen LogP contribution in [0.3, 0.4) is 0 Å². The molecule has 0 spiro atoms. The van der Waals surface area contributed by atoms with Gasteiger partial charge in [-0.25, -0.2) is 0 Å². The van der Waals surface area contributed by atoms with E-state index < -0.39 is 6.10 Å². The predicted octanol–water partition coefficient (Wildman–Crippen LogP) is -0.533. The maximum Gasteiger partial charge on any atom is 0.278 e. The number of ether oxygens (including phenoxy) is 2. The highest BCUT2D eigenvalue weighted by molar-refractivity contribution is 5.82. The fourth-order valence-electron chi connectivity index (χ4n) is 3.39. The molecule has 0 unspecified atom stereocenters. The maximum atomic E-state index is 12.8. The molecule has 2 aliphatic heterocycles. The Balaban J connectivity index is 1.52. The minimum absolute atomic E-state index is 0.0437. The molecule has 2 aliphatic rings. The van der Waals surface area contributed by atoms with Crippen LogP contribution in [-0.2, 0) is 9.59 Å². The van der Waals surface area contributed by atoms with Crippen LogP contribution < -0.4 is 19.7 Å². The van der Waals surface area contributed by atoms with Crippen LogP contribution in [0.15, 0.2) is 24.3 Å². The molecule has 2 amide bonds. The molecule has 1 saturated heterocycles. The predicted molar refractivity (Wildman–Crippen MR) is 96.4 cm³/mol. The summed E-state index contributed by atoms with van der Waals surface area (Å²) in [4.78, 5) is 28.0. The first-order valence-electron chi connectivity index (χ1n) is 9.28. The van der Waals surface area contributed by atoms with Gasteiger partial charge in [0.2, 0.25) is 6.10 Å². The van der Waals surface area contributed by atoms with E-state index in [1.54, 1.807) is 0 Å². The molecular formula is C19H28N3O4+. The molecule has 26 heavy (non-hydrogen) atoms. The number of fused-ring (bicyclic) bond motifs is 1. The average molecular weight is 362 g/mol. The zero-order valence-electron chi connectivity index (χ0n) is 15.7. The Kier molecular flexibility index (Phi) is 5.66. The van der Waals surface area contributed by atoms with Gasteiger partial charge in [0, 0.05) is 6.04 Å². The zero-order valence-corrected chi connectivity index (χ0v) is 15.7. The van der Waals surface area contributed by atoms with Gasteiger partial charge in [0.15, 0.2) is 17.5 Å². The summed E-state index contributed by atoms with van der Waals surface area (Å²) < 4.78 is 11.5. The number of hydrogen-bond acceptors (Lipinski definition) is 4. The second-order valence-electron chi connectivity index (χ2n) is 7.23. The molecule has 0 bridgehead atoms. The summed E-state index contributed by atoms with van der Waals surface area (Å²) in [5, 5.41) is 2.96. The van der Waals surface area contributed by atoms with E-state index in [9.17, 15) is 9.59 Å². The van der Waals surface area contributed by atoms with Crippen LogP contribution in [-0.4, -0.2) is 67.7 Å². The Bertz CT molecular complexity index is 656. The largest absolute Gasteiger partial charge is 0.485 e. The minimum atomic E-state index is -0.604. The van der Waals surface area contributed by atoms with Gasteiger partial charge in [0.1, 0.15) is 6.61 Å². The van der Waals surface area contributed by atoms with Crippen LogP contribution in [0.25, 0.3) is 0 Å². The third-order valence-corrected chi connectivity index (χ3v) is 4.94. The van der Waals surface area contributed by atoms with Crippen molar-refractivity contribution < 1.29 is 24.0 Å². The normalized spacial score (nSPS) is 21.4. The van der Waals surface area contributed by atoms with E-state index in [2.05, 4.69) is 5.32 Å². The third-order valence-electron chi connectivity index (χ3n) is 4.94.